The van der Waals surface area contributed by atoms with E-state index in [9.17, 15) is 10.1 Å². The molecule has 0 aliphatic carbocycles. The molecule has 106 valence electrons. The summed E-state index contributed by atoms with van der Waals surface area (Å²) < 4.78 is 5.58. The van der Waals surface area contributed by atoms with Crippen LogP contribution in [0.2, 0.25) is 0 Å². The predicted molar refractivity (Wildman–Crippen MR) is 71.5 cm³/mol. The van der Waals surface area contributed by atoms with Gasteiger partial charge in [-0.05, 0) is 6.07 Å². The molecule has 8 nitrogen and oxygen atoms in total. The molecule has 1 N–H and O–H groups in total. The third-order valence-electron chi connectivity index (χ3n) is 3.03. The fraction of sp³-hybridized carbons (Fsp3) is 0.500. The van der Waals surface area contributed by atoms with Crippen molar-refractivity contribution in [1.29, 1.82) is 5.26 Å². The van der Waals surface area contributed by atoms with Crippen LogP contribution in [0.4, 0.5) is 11.5 Å². The van der Waals surface area contributed by atoms with Crippen molar-refractivity contribution < 1.29 is 9.66 Å². The van der Waals surface area contributed by atoms with Crippen molar-refractivity contribution >= 4 is 11.5 Å². The average molecular weight is 277 g/mol. The zero-order valence-corrected chi connectivity index (χ0v) is 11.1. The van der Waals surface area contributed by atoms with Crippen LogP contribution < -0.4 is 10.2 Å². The number of ether oxygens (including phenoxy) is 1. The summed E-state index contributed by atoms with van der Waals surface area (Å²) in [5, 5.41) is 22.9. The number of aromatic nitrogens is 1. The average Bonchev–Trinajstić information content (AvgIpc) is 2.47. The third kappa shape index (κ3) is 3.20. The SMILES string of the molecule is CN(CC1CNCCO1)c1ccc([N+](=O)[O-])c(C#N)n1. The summed E-state index contributed by atoms with van der Waals surface area (Å²) in [7, 11) is 1.81. The molecule has 1 aliphatic heterocycles. The highest BCUT2D eigenvalue weighted by atomic mass is 16.6. The van der Waals surface area contributed by atoms with E-state index in [4.69, 9.17) is 10.00 Å². The fourth-order valence-electron chi connectivity index (χ4n) is 2.02. The Morgan fingerprint density at radius 1 is 1.70 bits per heavy atom. The van der Waals surface area contributed by atoms with Gasteiger partial charge in [0.1, 0.15) is 11.9 Å². The lowest BCUT2D eigenvalue weighted by molar-refractivity contribution is -0.385. The Hall–Kier alpha value is -2.24. The number of pyridine rings is 1. The van der Waals surface area contributed by atoms with Gasteiger partial charge in [-0.1, -0.05) is 0 Å². The molecule has 8 heteroatoms. The fourth-order valence-corrected chi connectivity index (χ4v) is 2.02. The number of nitriles is 1. The second-order valence-electron chi connectivity index (χ2n) is 4.48. The van der Waals surface area contributed by atoms with Gasteiger partial charge in [0.25, 0.3) is 0 Å². The minimum absolute atomic E-state index is 0.0382. The van der Waals surface area contributed by atoms with E-state index in [-0.39, 0.29) is 17.5 Å². The monoisotopic (exact) mass is 277 g/mol. The van der Waals surface area contributed by atoms with E-state index in [1.54, 1.807) is 6.07 Å². The van der Waals surface area contributed by atoms with E-state index in [1.807, 2.05) is 11.9 Å². The van der Waals surface area contributed by atoms with Gasteiger partial charge in [-0.15, -0.1) is 0 Å². The summed E-state index contributed by atoms with van der Waals surface area (Å²) in [5.74, 6) is 0.515. The highest BCUT2D eigenvalue weighted by molar-refractivity contribution is 5.51. The summed E-state index contributed by atoms with van der Waals surface area (Å²) >= 11 is 0. The second-order valence-corrected chi connectivity index (χ2v) is 4.48. The van der Waals surface area contributed by atoms with E-state index in [1.165, 1.54) is 12.1 Å². The van der Waals surface area contributed by atoms with Gasteiger partial charge in [-0.3, -0.25) is 10.1 Å². The number of anilines is 1. The maximum Gasteiger partial charge on any atom is 0.305 e. The molecule has 1 atom stereocenters. The highest BCUT2D eigenvalue weighted by Crippen LogP contribution is 2.20. The quantitative estimate of drug-likeness (QED) is 0.622. The number of likely N-dealkylation sites (N-methyl/N-ethyl adjacent to an activating group) is 1. The van der Waals surface area contributed by atoms with Crippen LogP contribution in [0.15, 0.2) is 12.1 Å². The van der Waals surface area contributed by atoms with Crippen molar-refractivity contribution in [3.63, 3.8) is 0 Å². The lowest BCUT2D eigenvalue weighted by atomic mass is 10.2. The first-order valence-corrected chi connectivity index (χ1v) is 6.21. The molecule has 20 heavy (non-hydrogen) atoms. The summed E-state index contributed by atoms with van der Waals surface area (Å²) in [6.07, 6.45) is 0.0382. The van der Waals surface area contributed by atoms with E-state index in [0.717, 1.165) is 13.1 Å². The van der Waals surface area contributed by atoms with Gasteiger partial charge in [0, 0.05) is 32.7 Å². The van der Waals surface area contributed by atoms with Gasteiger partial charge in [0.2, 0.25) is 5.69 Å². The first-order valence-electron chi connectivity index (χ1n) is 6.21. The molecule has 0 spiro atoms. The Labute approximate surface area is 116 Å². The van der Waals surface area contributed by atoms with Crippen LogP contribution in [0.25, 0.3) is 0 Å². The lowest BCUT2D eigenvalue weighted by Crippen LogP contribution is -2.44. The van der Waals surface area contributed by atoms with Crippen LogP contribution >= 0.6 is 0 Å². The van der Waals surface area contributed by atoms with Crippen LogP contribution in [0.1, 0.15) is 5.69 Å². The van der Waals surface area contributed by atoms with Crippen LogP contribution in [0.3, 0.4) is 0 Å². The molecule has 0 radical (unpaired) electrons. The molecule has 1 unspecified atom stereocenters. The maximum atomic E-state index is 10.8. The molecular formula is C12H15N5O3. The Morgan fingerprint density at radius 2 is 2.50 bits per heavy atom. The number of hydrogen-bond donors (Lipinski definition) is 1. The smallest absolute Gasteiger partial charge is 0.305 e. The summed E-state index contributed by atoms with van der Waals surface area (Å²) in [5.41, 5.74) is -0.456. The topological polar surface area (TPSA) is 104 Å². The van der Waals surface area contributed by atoms with Crippen LogP contribution in [0, 0.1) is 21.4 Å². The summed E-state index contributed by atoms with van der Waals surface area (Å²) in [6.45, 7) is 2.86. The molecule has 0 bridgehead atoms. The van der Waals surface area contributed by atoms with Gasteiger partial charge in [0.15, 0.2) is 0 Å². The molecule has 0 amide bonds. The van der Waals surface area contributed by atoms with Crippen molar-refractivity contribution in [1.82, 2.24) is 10.3 Å². The minimum Gasteiger partial charge on any atom is -0.374 e. The summed E-state index contributed by atoms with van der Waals surface area (Å²) in [4.78, 5) is 16.0. The van der Waals surface area contributed by atoms with Gasteiger partial charge in [-0.2, -0.15) is 5.26 Å². The second kappa shape index (κ2) is 6.27. The summed E-state index contributed by atoms with van der Waals surface area (Å²) in [6, 6.07) is 4.59. The lowest BCUT2D eigenvalue weighted by Gasteiger charge is -2.28. The first-order chi connectivity index (χ1) is 9.61. The number of nitrogens with zero attached hydrogens (tertiary/aromatic N) is 4. The van der Waals surface area contributed by atoms with Crippen molar-refractivity contribution in [3.8, 4) is 6.07 Å². The van der Waals surface area contributed by atoms with Gasteiger partial charge in [-0.25, -0.2) is 4.98 Å². The molecule has 1 saturated heterocycles. The van der Waals surface area contributed by atoms with Crippen LogP contribution in [0.5, 0.6) is 0 Å². The highest BCUT2D eigenvalue weighted by Gasteiger charge is 2.20. The zero-order valence-electron chi connectivity index (χ0n) is 11.1. The molecule has 1 aromatic heterocycles. The Bertz CT molecular complexity index is 536. The molecule has 1 aromatic rings. The molecule has 2 rings (SSSR count). The zero-order chi connectivity index (χ0) is 14.5. The molecule has 1 aliphatic rings. The van der Waals surface area contributed by atoms with Crippen molar-refractivity contribution in [2.24, 2.45) is 0 Å². The maximum absolute atomic E-state index is 10.8. The van der Waals surface area contributed by atoms with Gasteiger partial charge >= 0.3 is 5.69 Å². The van der Waals surface area contributed by atoms with Crippen molar-refractivity contribution in [3.05, 3.63) is 27.9 Å². The van der Waals surface area contributed by atoms with Crippen molar-refractivity contribution in [2.75, 3.05) is 38.2 Å². The molecule has 0 saturated carbocycles. The number of morpholine rings is 1. The number of nitro groups is 1. The largest absolute Gasteiger partial charge is 0.374 e. The number of rotatable bonds is 4. The van der Waals surface area contributed by atoms with Gasteiger partial charge < -0.3 is 15.0 Å². The Kier molecular flexibility index (Phi) is 4.45. The molecule has 1 fully saturated rings. The van der Waals surface area contributed by atoms with Gasteiger partial charge in [0.05, 0.1) is 17.6 Å². The Morgan fingerprint density at radius 3 is 3.10 bits per heavy atom. The van der Waals surface area contributed by atoms with E-state index in [2.05, 4.69) is 10.3 Å². The van der Waals surface area contributed by atoms with Crippen LogP contribution in [-0.4, -0.2) is 49.3 Å². The first kappa shape index (κ1) is 14.2. The Balaban J connectivity index is 2.11. The van der Waals surface area contributed by atoms with E-state index in [0.29, 0.717) is 19.0 Å². The third-order valence-corrected chi connectivity index (χ3v) is 3.03. The van der Waals surface area contributed by atoms with Crippen LogP contribution in [-0.2, 0) is 4.74 Å². The van der Waals surface area contributed by atoms with E-state index >= 15 is 0 Å². The van der Waals surface area contributed by atoms with E-state index < -0.39 is 4.92 Å². The predicted octanol–water partition coefficient (Wildman–Crippen LogP) is 0.286. The molecule has 0 aromatic carbocycles. The number of nitrogens with one attached hydrogen (secondary N) is 1. The minimum atomic E-state index is -0.608. The standard InChI is InChI=1S/C12H15N5O3/c1-16(8-9-7-14-4-5-20-9)12-3-2-11(17(18)19)10(6-13)15-12/h2-3,9,14H,4-5,7-8H2,1H3. The molecular weight excluding hydrogens is 262 g/mol. The normalized spacial score (nSPS) is 18.3. The molecule has 2 heterocycles. The van der Waals surface area contributed by atoms with Crippen molar-refractivity contribution in [2.45, 2.75) is 6.10 Å². The number of hydrogen-bond acceptors (Lipinski definition) is 7.